The standard InChI is InChI=1S/C22H30N2O2S.C17H19NO4/c1-3-21(25)24(19-8-5-4-6-9-19)22(18-26-2)12-15-23(16-13-22)14-11-20-10-7-17-27-20;1-18-7-6-16-13-9-2-3-10(19)14(13)22-15(16)11(20)4-5-17(16,21)12(18)8-9/h4-10,17H,3,11-16,18H2,1-2H3;2-3,12,15,19,21H,4-8H2,1H3/t;12-,15+,16+,17-/m.1/s1. The molecule has 10 heteroatoms. The molecule has 3 aromatic rings. The van der Waals surface area contributed by atoms with Crippen LogP contribution in [0.25, 0.3) is 0 Å². The number of methoxy groups -OCH3 is 1. The lowest BCUT2D eigenvalue weighted by molar-refractivity contribution is -0.185. The van der Waals surface area contributed by atoms with Crippen molar-refractivity contribution in [3.8, 4) is 11.5 Å². The van der Waals surface area contributed by atoms with Gasteiger partial charge in [-0.05, 0) is 87.3 Å². The summed E-state index contributed by atoms with van der Waals surface area (Å²) in [4.78, 5) is 33.6. The number of thiophene rings is 1. The van der Waals surface area contributed by atoms with Gasteiger partial charge in [-0.15, -0.1) is 11.3 Å². The summed E-state index contributed by atoms with van der Waals surface area (Å²) in [6.07, 6.45) is 5.08. The Morgan fingerprint density at radius 1 is 1.06 bits per heavy atom. The van der Waals surface area contributed by atoms with Crippen molar-refractivity contribution in [2.24, 2.45) is 0 Å². The third kappa shape index (κ3) is 5.60. The molecule has 4 atom stereocenters. The Morgan fingerprint density at radius 3 is 2.53 bits per heavy atom. The highest BCUT2D eigenvalue weighted by atomic mass is 32.1. The molecule has 262 valence electrons. The monoisotopic (exact) mass is 687 g/mol. The van der Waals surface area contributed by atoms with Crippen LogP contribution in [-0.4, -0.2) is 102 Å². The largest absolute Gasteiger partial charge is 0.504 e. The van der Waals surface area contributed by atoms with E-state index in [4.69, 9.17) is 9.47 Å². The van der Waals surface area contributed by atoms with Crippen LogP contribution in [0.5, 0.6) is 11.5 Å². The summed E-state index contributed by atoms with van der Waals surface area (Å²) in [5, 5.41) is 24.0. The smallest absolute Gasteiger partial charge is 0.227 e. The highest BCUT2D eigenvalue weighted by molar-refractivity contribution is 7.09. The fourth-order valence-electron chi connectivity index (χ4n) is 9.57. The van der Waals surface area contributed by atoms with Crippen LogP contribution < -0.4 is 9.64 Å². The zero-order chi connectivity index (χ0) is 34.4. The first-order chi connectivity index (χ1) is 23.7. The maximum atomic E-state index is 12.9. The van der Waals surface area contributed by atoms with Gasteiger partial charge in [-0.1, -0.05) is 37.3 Å². The number of ether oxygens (including phenoxy) is 2. The Labute approximate surface area is 293 Å². The number of phenols is 1. The number of anilines is 1. The Morgan fingerprint density at radius 2 is 1.84 bits per heavy atom. The van der Waals surface area contributed by atoms with Gasteiger partial charge in [-0.2, -0.15) is 0 Å². The number of para-hydroxylation sites is 1. The lowest BCUT2D eigenvalue weighted by Gasteiger charge is -2.61. The molecule has 2 aromatic carbocycles. The van der Waals surface area contributed by atoms with E-state index >= 15 is 0 Å². The Bertz CT molecular complexity index is 1660. The van der Waals surface area contributed by atoms with Gasteiger partial charge < -0.3 is 34.4 Å². The lowest BCUT2D eigenvalue weighted by atomic mass is 9.49. The molecule has 8 rings (SSSR count). The summed E-state index contributed by atoms with van der Waals surface area (Å²) >= 11 is 1.83. The van der Waals surface area contributed by atoms with E-state index in [1.807, 2.05) is 66.6 Å². The number of carbonyl (C=O) groups excluding carboxylic acids is 2. The number of likely N-dealkylation sites (tertiary alicyclic amines) is 2. The molecule has 1 spiro atoms. The molecule has 9 nitrogen and oxygen atoms in total. The van der Waals surface area contributed by atoms with Gasteiger partial charge in [0.15, 0.2) is 23.4 Å². The molecule has 0 radical (unpaired) electrons. The van der Waals surface area contributed by atoms with Crippen molar-refractivity contribution in [3.05, 3.63) is 76.0 Å². The van der Waals surface area contributed by atoms with Crippen molar-refractivity contribution in [2.75, 3.05) is 51.8 Å². The van der Waals surface area contributed by atoms with E-state index in [-0.39, 0.29) is 29.0 Å². The second kappa shape index (κ2) is 13.5. The summed E-state index contributed by atoms with van der Waals surface area (Å²) in [5.41, 5.74) is 1.09. The number of hydrogen-bond acceptors (Lipinski definition) is 9. The van der Waals surface area contributed by atoms with Crippen molar-refractivity contribution in [1.82, 2.24) is 9.80 Å². The highest BCUT2D eigenvalue weighted by Crippen LogP contribution is 2.64. The molecule has 49 heavy (non-hydrogen) atoms. The number of rotatable bonds is 8. The molecule has 1 saturated carbocycles. The predicted octanol–water partition coefficient (Wildman–Crippen LogP) is 4.96. The minimum atomic E-state index is -0.954. The summed E-state index contributed by atoms with van der Waals surface area (Å²) in [5.74, 6) is 0.732. The zero-order valence-corrected chi connectivity index (χ0v) is 29.7. The normalized spacial score (nSPS) is 28.2. The van der Waals surface area contributed by atoms with Crippen LogP contribution in [0.1, 0.15) is 61.5 Å². The number of phenolic OH excluding ortho intramolecular Hbond substituents is 1. The molecule has 2 bridgehead atoms. The Hall–Kier alpha value is -3.28. The Kier molecular flexibility index (Phi) is 9.38. The van der Waals surface area contributed by atoms with Crippen LogP contribution in [0.2, 0.25) is 0 Å². The molecule has 5 aliphatic rings. The fraction of sp³-hybridized carbons (Fsp3) is 0.538. The van der Waals surface area contributed by atoms with Gasteiger partial charge in [0, 0.05) is 61.8 Å². The van der Waals surface area contributed by atoms with E-state index < -0.39 is 17.1 Å². The molecule has 2 saturated heterocycles. The topological polar surface area (TPSA) is 103 Å². The summed E-state index contributed by atoms with van der Waals surface area (Å²) in [6, 6.07) is 18.0. The maximum absolute atomic E-state index is 12.9. The average molecular weight is 688 g/mol. The number of carbonyl (C=O) groups is 2. The molecule has 0 unspecified atom stereocenters. The van der Waals surface area contributed by atoms with Crippen LogP contribution in [0, 0.1) is 0 Å². The second-order valence-corrected chi connectivity index (χ2v) is 15.5. The van der Waals surface area contributed by atoms with Crippen LogP contribution in [0.3, 0.4) is 0 Å². The number of likely N-dealkylation sites (N-methyl/N-ethyl adjacent to an activating group) is 1. The van der Waals surface area contributed by atoms with Gasteiger partial charge in [0.25, 0.3) is 0 Å². The van der Waals surface area contributed by atoms with Gasteiger partial charge in [-0.25, -0.2) is 0 Å². The van der Waals surface area contributed by atoms with Gasteiger partial charge in [0.2, 0.25) is 5.91 Å². The molecule has 4 heterocycles. The third-order valence-corrected chi connectivity index (χ3v) is 13.0. The minimum Gasteiger partial charge on any atom is -0.504 e. The SMILES string of the molecule is CCC(=O)N(c1ccccc1)C1(COC)CCN(CCc2cccs2)CC1.CN1CC[C@]23c4c5ccc(O)c4O[C@H]2C(=O)CC[C@@]3(O)[C@H]1C5. The highest BCUT2D eigenvalue weighted by Gasteiger charge is 2.72. The first-order valence-electron chi connectivity index (χ1n) is 17.8. The first-order valence-corrected chi connectivity index (χ1v) is 18.6. The van der Waals surface area contributed by atoms with Crippen LogP contribution in [-0.2, 0) is 32.6 Å². The van der Waals surface area contributed by atoms with E-state index in [1.54, 1.807) is 13.2 Å². The van der Waals surface area contributed by atoms with Crippen molar-refractivity contribution < 1.29 is 29.3 Å². The number of aromatic hydroxyl groups is 1. The summed E-state index contributed by atoms with van der Waals surface area (Å²) in [7, 11) is 3.79. The van der Waals surface area contributed by atoms with E-state index in [1.165, 1.54) is 4.88 Å². The zero-order valence-electron chi connectivity index (χ0n) is 28.9. The molecular formula is C39H49N3O6S. The molecule has 3 aliphatic heterocycles. The maximum Gasteiger partial charge on any atom is 0.227 e. The van der Waals surface area contributed by atoms with E-state index in [9.17, 15) is 19.8 Å². The number of hydrogen-bond donors (Lipinski definition) is 2. The van der Waals surface area contributed by atoms with Crippen molar-refractivity contribution in [2.45, 2.75) is 87.0 Å². The van der Waals surface area contributed by atoms with Gasteiger partial charge in [0.1, 0.15) is 0 Å². The number of ketones is 1. The van der Waals surface area contributed by atoms with Crippen LogP contribution in [0.4, 0.5) is 5.69 Å². The summed E-state index contributed by atoms with van der Waals surface area (Å²) < 4.78 is 11.6. The molecule has 2 aliphatic carbocycles. The molecular weight excluding hydrogens is 639 g/mol. The van der Waals surface area contributed by atoms with Crippen LogP contribution in [0.15, 0.2) is 60.0 Å². The van der Waals surface area contributed by atoms with Crippen LogP contribution >= 0.6 is 11.3 Å². The number of benzene rings is 2. The quantitative estimate of drug-likeness (QED) is 0.343. The van der Waals surface area contributed by atoms with Gasteiger partial charge in [-0.3, -0.25) is 9.59 Å². The second-order valence-electron chi connectivity index (χ2n) is 14.5. The van der Waals surface area contributed by atoms with E-state index in [0.717, 1.165) is 68.7 Å². The number of piperidine rings is 2. The molecule has 1 amide bonds. The summed E-state index contributed by atoms with van der Waals surface area (Å²) in [6.45, 7) is 6.41. The molecule has 3 fully saturated rings. The molecule has 2 N–H and O–H groups in total. The Balaban J connectivity index is 0.000000157. The van der Waals surface area contributed by atoms with E-state index in [2.05, 4.69) is 27.3 Å². The number of Topliss-reactive ketones (excluding diaryl/α,β-unsaturated/α-hetero) is 1. The van der Waals surface area contributed by atoms with Crippen molar-refractivity contribution in [1.29, 1.82) is 0 Å². The van der Waals surface area contributed by atoms with Crippen molar-refractivity contribution in [3.63, 3.8) is 0 Å². The van der Waals surface area contributed by atoms with Crippen molar-refractivity contribution >= 4 is 28.7 Å². The number of aliphatic hydroxyl groups is 1. The van der Waals surface area contributed by atoms with E-state index in [0.29, 0.717) is 38.0 Å². The third-order valence-electron chi connectivity index (χ3n) is 12.0. The number of amides is 1. The predicted molar refractivity (Wildman–Crippen MR) is 191 cm³/mol. The average Bonchev–Trinajstić information content (AvgIpc) is 3.77. The minimum absolute atomic E-state index is 0.00319. The number of nitrogens with zero attached hydrogens (tertiary/aromatic N) is 3. The van der Waals surface area contributed by atoms with Gasteiger partial charge >= 0.3 is 0 Å². The van der Waals surface area contributed by atoms with Gasteiger partial charge in [0.05, 0.1) is 23.2 Å². The fourth-order valence-corrected chi connectivity index (χ4v) is 10.3. The molecule has 1 aromatic heterocycles. The first kappa shape index (κ1) is 34.2. The lowest BCUT2D eigenvalue weighted by Crippen LogP contribution is -2.76.